The van der Waals surface area contributed by atoms with Crippen LogP contribution in [0.4, 0.5) is 0 Å². The molecular weight excluding hydrogens is 240 g/mol. The number of rotatable bonds is 7. The quantitative estimate of drug-likeness (QED) is 0.813. The number of hydrogen-bond donors (Lipinski definition) is 1. The fourth-order valence-electron chi connectivity index (χ4n) is 1.98. The van der Waals surface area contributed by atoms with Gasteiger partial charge in [-0.05, 0) is 19.9 Å². The Kier molecular flexibility index (Phi) is 6.02. The molecule has 19 heavy (non-hydrogen) atoms. The lowest BCUT2D eigenvalue weighted by Crippen LogP contribution is -2.34. The Morgan fingerprint density at radius 3 is 2.74 bits per heavy atom. The molecule has 0 aliphatic rings. The minimum atomic E-state index is 0.0787. The average molecular weight is 266 g/mol. The molecule has 5 nitrogen and oxygen atoms in total. The topological polar surface area (TPSA) is 50.2 Å². The SMILES string of the molecule is CNC(=O)C[C@@H](C)N(C)Cc1cncn1CC(C)C. The van der Waals surface area contributed by atoms with Crippen molar-refractivity contribution in [2.75, 3.05) is 14.1 Å². The number of imidazole rings is 1. The zero-order valence-electron chi connectivity index (χ0n) is 12.7. The van der Waals surface area contributed by atoms with Crippen molar-refractivity contribution < 1.29 is 4.79 Å². The second kappa shape index (κ2) is 7.28. The van der Waals surface area contributed by atoms with Crippen molar-refractivity contribution in [1.29, 1.82) is 0 Å². The van der Waals surface area contributed by atoms with Crippen LogP contribution in [-0.2, 0) is 17.9 Å². The van der Waals surface area contributed by atoms with Crippen LogP contribution in [0.15, 0.2) is 12.5 Å². The minimum Gasteiger partial charge on any atom is -0.359 e. The van der Waals surface area contributed by atoms with Gasteiger partial charge in [0.25, 0.3) is 0 Å². The van der Waals surface area contributed by atoms with E-state index in [0.717, 1.165) is 13.1 Å². The molecule has 0 saturated carbocycles. The average Bonchev–Trinajstić information content (AvgIpc) is 2.75. The summed E-state index contributed by atoms with van der Waals surface area (Å²) in [6, 6.07) is 0.211. The summed E-state index contributed by atoms with van der Waals surface area (Å²) in [5.74, 6) is 0.677. The van der Waals surface area contributed by atoms with Gasteiger partial charge in [0.05, 0.1) is 12.0 Å². The van der Waals surface area contributed by atoms with Crippen LogP contribution in [-0.4, -0.2) is 40.5 Å². The molecule has 0 fully saturated rings. The van der Waals surface area contributed by atoms with Crippen LogP contribution in [0, 0.1) is 5.92 Å². The van der Waals surface area contributed by atoms with Gasteiger partial charge in [-0.25, -0.2) is 4.98 Å². The van der Waals surface area contributed by atoms with Gasteiger partial charge in [0, 0.05) is 38.8 Å². The molecular formula is C14H26N4O. The van der Waals surface area contributed by atoms with E-state index < -0.39 is 0 Å². The van der Waals surface area contributed by atoms with Crippen molar-refractivity contribution in [2.45, 2.75) is 46.3 Å². The lowest BCUT2D eigenvalue weighted by atomic mass is 10.2. The van der Waals surface area contributed by atoms with Crippen LogP contribution in [0.2, 0.25) is 0 Å². The van der Waals surface area contributed by atoms with E-state index in [1.54, 1.807) is 7.05 Å². The van der Waals surface area contributed by atoms with Gasteiger partial charge in [0.15, 0.2) is 0 Å². The first kappa shape index (κ1) is 15.7. The molecule has 1 rings (SSSR count). The first-order valence-corrected chi connectivity index (χ1v) is 6.83. The summed E-state index contributed by atoms with van der Waals surface area (Å²) in [6.07, 6.45) is 4.31. The molecule has 5 heteroatoms. The molecule has 0 saturated heterocycles. The van der Waals surface area contributed by atoms with E-state index in [1.165, 1.54) is 5.69 Å². The minimum absolute atomic E-state index is 0.0787. The monoisotopic (exact) mass is 266 g/mol. The Labute approximate surface area is 116 Å². The zero-order valence-corrected chi connectivity index (χ0v) is 12.7. The van der Waals surface area contributed by atoms with Gasteiger partial charge in [0.2, 0.25) is 5.91 Å². The summed E-state index contributed by atoms with van der Waals surface area (Å²) in [5.41, 5.74) is 1.19. The Bertz CT molecular complexity index is 400. The Balaban J connectivity index is 2.58. The van der Waals surface area contributed by atoms with Crippen LogP contribution in [0.5, 0.6) is 0 Å². The smallest absolute Gasteiger partial charge is 0.221 e. The molecule has 108 valence electrons. The third-order valence-electron chi connectivity index (χ3n) is 3.28. The van der Waals surface area contributed by atoms with Crippen LogP contribution in [0.1, 0.15) is 32.9 Å². The van der Waals surface area contributed by atoms with E-state index in [-0.39, 0.29) is 11.9 Å². The molecule has 1 aromatic rings. The number of carbonyl (C=O) groups excluding carboxylic acids is 1. The van der Waals surface area contributed by atoms with E-state index in [9.17, 15) is 4.79 Å². The van der Waals surface area contributed by atoms with Crippen LogP contribution < -0.4 is 5.32 Å². The largest absolute Gasteiger partial charge is 0.359 e. The third-order valence-corrected chi connectivity index (χ3v) is 3.28. The third kappa shape index (κ3) is 5.03. The molecule has 0 radical (unpaired) electrons. The summed E-state index contributed by atoms with van der Waals surface area (Å²) in [7, 11) is 3.72. The van der Waals surface area contributed by atoms with Gasteiger partial charge >= 0.3 is 0 Å². The second-order valence-corrected chi connectivity index (χ2v) is 5.57. The summed E-state index contributed by atoms with van der Waals surface area (Å²) >= 11 is 0. The Hall–Kier alpha value is -1.36. The van der Waals surface area contributed by atoms with Gasteiger partial charge in [-0.15, -0.1) is 0 Å². The van der Waals surface area contributed by atoms with E-state index >= 15 is 0 Å². The maximum absolute atomic E-state index is 11.4. The van der Waals surface area contributed by atoms with Crippen molar-refractivity contribution in [2.24, 2.45) is 5.92 Å². The molecule has 0 bridgehead atoms. The fourth-order valence-corrected chi connectivity index (χ4v) is 1.98. The Morgan fingerprint density at radius 2 is 2.16 bits per heavy atom. The lowest BCUT2D eigenvalue weighted by molar-refractivity contribution is -0.121. The zero-order chi connectivity index (χ0) is 14.4. The van der Waals surface area contributed by atoms with Crippen LogP contribution in [0.3, 0.4) is 0 Å². The van der Waals surface area contributed by atoms with Gasteiger partial charge < -0.3 is 9.88 Å². The van der Waals surface area contributed by atoms with Crippen LogP contribution in [0.25, 0.3) is 0 Å². The maximum atomic E-state index is 11.4. The molecule has 0 spiro atoms. The van der Waals surface area contributed by atoms with Gasteiger partial charge in [-0.3, -0.25) is 9.69 Å². The summed E-state index contributed by atoms with van der Waals surface area (Å²) in [4.78, 5) is 17.8. The lowest BCUT2D eigenvalue weighted by Gasteiger charge is -2.24. The summed E-state index contributed by atoms with van der Waals surface area (Å²) in [5, 5.41) is 2.66. The summed E-state index contributed by atoms with van der Waals surface area (Å²) in [6.45, 7) is 8.25. The first-order chi connectivity index (χ1) is 8.93. The normalized spacial score (nSPS) is 13.0. The molecule has 1 heterocycles. The fraction of sp³-hybridized carbons (Fsp3) is 0.714. The maximum Gasteiger partial charge on any atom is 0.221 e. The van der Waals surface area contributed by atoms with E-state index in [0.29, 0.717) is 12.3 Å². The standard InChI is InChI=1S/C14H26N4O/c1-11(2)8-18-10-16-7-13(18)9-17(5)12(3)6-14(19)15-4/h7,10-12H,6,8-9H2,1-5H3,(H,15,19)/t12-/m1/s1. The molecule has 0 aliphatic heterocycles. The molecule has 1 N–H and O–H groups in total. The van der Waals surface area contributed by atoms with Gasteiger partial charge in [-0.2, -0.15) is 0 Å². The van der Waals surface area contributed by atoms with E-state index in [4.69, 9.17) is 0 Å². The second-order valence-electron chi connectivity index (χ2n) is 5.57. The number of nitrogens with zero attached hydrogens (tertiary/aromatic N) is 3. The van der Waals surface area contributed by atoms with E-state index in [1.807, 2.05) is 19.6 Å². The van der Waals surface area contributed by atoms with Crippen molar-refractivity contribution in [3.05, 3.63) is 18.2 Å². The number of nitrogens with one attached hydrogen (secondary N) is 1. The predicted molar refractivity (Wildman–Crippen MR) is 76.7 cm³/mol. The van der Waals surface area contributed by atoms with Gasteiger partial charge in [-0.1, -0.05) is 13.8 Å². The Morgan fingerprint density at radius 1 is 1.47 bits per heavy atom. The molecule has 0 aromatic carbocycles. The highest BCUT2D eigenvalue weighted by atomic mass is 16.1. The number of amides is 1. The molecule has 1 aromatic heterocycles. The first-order valence-electron chi connectivity index (χ1n) is 6.83. The highest BCUT2D eigenvalue weighted by Crippen LogP contribution is 2.10. The number of aromatic nitrogens is 2. The van der Waals surface area contributed by atoms with Crippen molar-refractivity contribution >= 4 is 5.91 Å². The van der Waals surface area contributed by atoms with E-state index in [2.05, 4.69) is 40.5 Å². The van der Waals surface area contributed by atoms with Gasteiger partial charge in [0.1, 0.15) is 0 Å². The molecule has 0 aliphatic carbocycles. The number of hydrogen-bond acceptors (Lipinski definition) is 3. The highest BCUT2D eigenvalue weighted by Gasteiger charge is 2.15. The van der Waals surface area contributed by atoms with Crippen molar-refractivity contribution in [1.82, 2.24) is 19.8 Å². The van der Waals surface area contributed by atoms with Crippen molar-refractivity contribution in [3.63, 3.8) is 0 Å². The number of carbonyl (C=O) groups is 1. The predicted octanol–water partition coefficient (Wildman–Crippen LogP) is 1.50. The molecule has 0 unspecified atom stereocenters. The van der Waals surface area contributed by atoms with Crippen molar-refractivity contribution in [3.8, 4) is 0 Å². The summed E-state index contributed by atoms with van der Waals surface area (Å²) < 4.78 is 2.19. The highest BCUT2D eigenvalue weighted by molar-refractivity contribution is 5.76. The molecule has 1 amide bonds. The molecule has 1 atom stereocenters. The van der Waals surface area contributed by atoms with Crippen LogP contribution >= 0.6 is 0 Å².